The fourth-order valence-corrected chi connectivity index (χ4v) is 5.51. The lowest BCUT2D eigenvalue weighted by Gasteiger charge is -2.40. The lowest BCUT2D eigenvalue weighted by molar-refractivity contribution is -0.134. The van der Waals surface area contributed by atoms with Crippen LogP contribution in [-0.2, 0) is 16.0 Å². The number of nitrogens with one attached hydrogen (secondary N) is 1. The maximum atomic E-state index is 13.4. The Morgan fingerprint density at radius 1 is 0.973 bits per heavy atom. The fourth-order valence-electron chi connectivity index (χ4n) is 5.39. The van der Waals surface area contributed by atoms with Crippen molar-refractivity contribution in [1.82, 2.24) is 15.1 Å². The minimum Gasteiger partial charge on any atom is -0.491 e. The van der Waals surface area contributed by atoms with Gasteiger partial charge in [0.1, 0.15) is 12.4 Å². The molecule has 3 heterocycles. The number of nitrogens with zero attached hydrogens (tertiary/aromatic N) is 2. The van der Waals surface area contributed by atoms with Crippen LogP contribution >= 0.6 is 11.6 Å². The third-order valence-corrected chi connectivity index (χ3v) is 7.93. The van der Waals surface area contributed by atoms with Gasteiger partial charge in [-0.1, -0.05) is 42.3 Å². The minimum atomic E-state index is -0.481. The zero-order chi connectivity index (χ0) is 26.3. The highest BCUT2D eigenvalue weighted by Crippen LogP contribution is 2.38. The summed E-state index contributed by atoms with van der Waals surface area (Å²) in [6.45, 7) is 2.43. The van der Waals surface area contributed by atoms with Crippen LogP contribution < -0.4 is 10.1 Å². The van der Waals surface area contributed by atoms with Gasteiger partial charge >= 0.3 is 0 Å². The van der Waals surface area contributed by atoms with Gasteiger partial charge in [0.2, 0.25) is 11.8 Å². The second-order valence-corrected chi connectivity index (χ2v) is 10.4. The number of carbonyl (C=O) groups excluding carboxylic acids is 3. The van der Waals surface area contributed by atoms with E-state index in [1.165, 1.54) is 0 Å². The monoisotopic (exact) mass is 525 g/mol. The first-order valence-electron chi connectivity index (χ1n) is 13.2. The Labute approximate surface area is 224 Å². The number of amides is 3. The molecule has 7 nitrogen and oxygen atoms in total. The summed E-state index contributed by atoms with van der Waals surface area (Å²) in [6.07, 6.45) is 4.69. The third-order valence-electron chi connectivity index (χ3n) is 7.68. The number of piperidine rings is 1. The third kappa shape index (κ3) is 6.63. The van der Waals surface area contributed by atoms with E-state index in [9.17, 15) is 14.4 Å². The van der Waals surface area contributed by atoms with Crippen LogP contribution in [0.3, 0.4) is 0 Å². The van der Waals surface area contributed by atoms with Crippen LogP contribution in [-0.4, -0.2) is 67.4 Å². The summed E-state index contributed by atoms with van der Waals surface area (Å²) in [4.78, 5) is 43.2. The average Bonchev–Trinajstić information content (AvgIpc) is 2.93. The molecule has 0 radical (unpaired) electrons. The molecule has 3 amide bonds. The van der Waals surface area contributed by atoms with E-state index in [1.807, 2.05) is 46.2 Å². The van der Waals surface area contributed by atoms with E-state index in [0.717, 1.165) is 24.8 Å². The molecule has 1 saturated heterocycles. The Kier molecular flexibility index (Phi) is 9.09. The highest BCUT2D eigenvalue weighted by Gasteiger charge is 2.41. The summed E-state index contributed by atoms with van der Waals surface area (Å²) in [5.74, 6) is 0.565. The maximum absolute atomic E-state index is 13.4. The number of hydrogen-bond acceptors (Lipinski definition) is 4. The average molecular weight is 526 g/mol. The summed E-state index contributed by atoms with van der Waals surface area (Å²) < 4.78 is 6.05. The SMILES string of the molecule is CNC(=O)C12CCCCN(C(=O)CCc3ccc(Cl)cc3)CCOc3ccccc3C(=O)N(CC1)CC2. The molecule has 1 fully saturated rings. The van der Waals surface area contributed by atoms with Gasteiger partial charge in [-0.15, -0.1) is 0 Å². The summed E-state index contributed by atoms with van der Waals surface area (Å²) in [6, 6.07) is 14.8. The highest BCUT2D eigenvalue weighted by molar-refractivity contribution is 6.30. The van der Waals surface area contributed by atoms with E-state index in [1.54, 1.807) is 19.2 Å². The van der Waals surface area contributed by atoms with Crippen molar-refractivity contribution in [3.8, 4) is 5.75 Å². The van der Waals surface area contributed by atoms with Crippen molar-refractivity contribution in [1.29, 1.82) is 0 Å². The Morgan fingerprint density at radius 3 is 2.43 bits per heavy atom. The van der Waals surface area contributed by atoms with Gasteiger partial charge in [0.05, 0.1) is 17.5 Å². The normalized spacial score (nSPS) is 18.3. The largest absolute Gasteiger partial charge is 0.491 e. The predicted molar refractivity (Wildman–Crippen MR) is 144 cm³/mol. The second-order valence-electron chi connectivity index (χ2n) is 9.96. The van der Waals surface area contributed by atoms with Gasteiger partial charge in [-0.3, -0.25) is 14.4 Å². The number of rotatable bonds is 4. The number of fused-ring (bicyclic) bond motifs is 9. The van der Waals surface area contributed by atoms with Gasteiger partial charge < -0.3 is 19.9 Å². The van der Waals surface area contributed by atoms with Crippen LogP contribution in [0.4, 0.5) is 0 Å². The molecule has 0 atom stereocenters. The first kappa shape index (κ1) is 27.0. The lowest BCUT2D eigenvalue weighted by atomic mass is 9.73. The summed E-state index contributed by atoms with van der Waals surface area (Å²) in [5, 5.41) is 3.53. The van der Waals surface area contributed by atoms with Crippen LogP contribution in [0, 0.1) is 5.41 Å². The van der Waals surface area contributed by atoms with E-state index in [0.29, 0.717) is 74.8 Å². The molecule has 2 aromatic carbocycles. The number of hydrogen-bond donors (Lipinski definition) is 1. The molecule has 2 bridgehead atoms. The van der Waals surface area contributed by atoms with Gasteiger partial charge in [-0.25, -0.2) is 0 Å². The number of halogens is 1. The van der Waals surface area contributed by atoms with E-state index < -0.39 is 5.41 Å². The van der Waals surface area contributed by atoms with Crippen molar-refractivity contribution in [3.63, 3.8) is 0 Å². The Morgan fingerprint density at radius 2 is 1.70 bits per heavy atom. The second kappa shape index (κ2) is 12.5. The van der Waals surface area contributed by atoms with Crippen LogP contribution in [0.1, 0.15) is 54.4 Å². The molecule has 0 aromatic heterocycles. The van der Waals surface area contributed by atoms with Crippen molar-refractivity contribution in [3.05, 3.63) is 64.7 Å². The molecule has 198 valence electrons. The molecule has 0 aliphatic carbocycles. The van der Waals surface area contributed by atoms with Crippen molar-refractivity contribution < 1.29 is 19.1 Å². The number of para-hydroxylation sites is 1. The molecule has 0 saturated carbocycles. The molecular formula is C29H36ClN3O4. The van der Waals surface area contributed by atoms with Crippen molar-refractivity contribution in [2.24, 2.45) is 5.41 Å². The van der Waals surface area contributed by atoms with Crippen LogP contribution in [0.2, 0.25) is 5.02 Å². The minimum absolute atomic E-state index is 0.0449. The topological polar surface area (TPSA) is 79.0 Å². The summed E-state index contributed by atoms with van der Waals surface area (Å²) in [5.41, 5.74) is 1.11. The Balaban J connectivity index is 1.51. The van der Waals surface area contributed by atoms with Gasteiger partial charge in [-0.2, -0.15) is 0 Å². The molecule has 3 aliphatic heterocycles. The van der Waals surface area contributed by atoms with Crippen LogP contribution in [0.5, 0.6) is 5.75 Å². The maximum Gasteiger partial charge on any atom is 0.257 e. The molecule has 0 spiro atoms. The molecule has 8 heteroatoms. The zero-order valence-electron chi connectivity index (χ0n) is 21.5. The Bertz CT molecular complexity index is 1100. The quantitative estimate of drug-likeness (QED) is 0.644. The molecular weight excluding hydrogens is 490 g/mol. The number of aryl methyl sites for hydroxylation is 1. The molecule has 3 aliphatic rings. The fraction of sp³-hybridized carbons (Fsp3) is 0.483. The first-order valence-corrected chi connectivity index (χ1v) is 13.6. The number of benzene rings is 2. The van der Waals surface area contributed by atoms with Crippen molar-refractivity contribution >= 4 is 29.3 Å². The van der Waals surface area contributed by atoms with E-state index in [4.69, 9.17) is 16.3 Å². The van der Waals surface area contributed by atoms with Crippen molar-refractivity contribution in [2.75, 3.05) is 39.8 Å². The van der Waals surface area contributed by atoms with Gasteiger partial charge in [0.25, 0.3) is 5.91 Å². The first-order chi connectivity index (χ1) is 17.9. The molecule has 0 unspecified atom stereocenters. The summed E-state index contributed by atoms with van der Waals surface area (Å²) >= 11 is 5.98. The van der Waals surface area contributed by atoms with Gasteiger partial charge in [-0.05, 0) is 61.9 Å². The number of ether oxygens (including phenoxy) is 1. The zero-order valence-corrected chi connectivity index (χ0v) is 22.3. The molecule has 1 N–H and O–H groups in total. The molecule has 5 rings (SSSR count). The van der Waals surface area contributed by atoms with E-state index >= 15 is 0 Å². The molecule has 2 aromatic rings. The molecule has 37 heavy (non-hydrogen) atoms. The van der Waals surface area contributed by atoms with Crippen LogP contribution in [0.25, 0.3) is 0 Å². The van der Waals surface area contributed by atoms with E-state index in [2.05, 4.69) is 5.32 Å². The summed E-state index contributed by atoms with van der Waals surface area (Å²) in [7, 11) is 1.68. The predicted octanol–water partition coefficient (Wildman–Crippen LogP) is 4.33. The van der Waals surface area contributed by atoms with Gasteiger partial charge in [0, 0.05) is 38.1 Å². The Hall–Kier alpha value is -3.06. The van der Waals surface area contributed by atoms with Crippen LogP contribution in [0.15, 0.2) is 48.5 Å². The van der Waals surface area contributed by atoms with Crippen molar-refractivity contribution in [2.45, 2.75) is 44.9 Å². The smallest absolute Gasteiger partial charge is 0.257 e. The lowest BCUT2D eigenvalue weighted by Crippen LogP contribution is -2.49. The van der Waals surface area contributed by atoms with E-state index in [-0.39, 0.29) is 17.7 Å². The highest BCUT2D eigenvalue weighted by atomic mass is 35.5. The van der Waals surface area contributed by atoms with Gasteiger partial charge in [0.15, 0.2) is 0 Å². The number of carbonyl (C=O) groups is 3. The standard InChI is InChI=1S/C29H36ClN3O4/c1-31-28(36)29-14-4-5-17-32(26(34)13-10-22-8-11-23(30)12-9-22)20-21-37-25-7-3-2-6-24(25)27(35)33(18-15-29)19-16-29/h2-3,6-9,11-12H,4-5,10,13-21H2,1H3,(H,31,36).